The summed E-state index contributed by atoms with van der Waals surface area (Å²) in [6.45, 7) is 7.95. The summed E-state index contributed by atoms with van der Waals surface area (Å²) in [5.74, 6) is 0.955. The van der Waals surface area contributed by atoms with Crippen LogP contribution in [0.3, 0.4) is 0 Å². The van der Waals surface area contributed by atoms with E-state index in [0.29, 0.717) is 0 Å². The van der Waals surface area contributed by atoms with E-state index in [1.165, 1.54) is 45.2 Å². The first-order valence-electron chi connectivity index (χ1n) is 7.96. The third kappa shape index (κ3) is 5.93. The minimum atomic E-state index is -0.351. The number of nitrogens with one attached hydrogen (secondary N) is 1. The van der Waals surface area contributed by atoms with Gasteiger partial charge < -0.3 is 10.2 Å². The molecule has 1 rings (SSSR count). The van der Waals surface area contributed by atoms with Gasteiger partial charge >= 0.3 is 0 Å². The fourth-order valence-corrected chi connectivity index (χ4v) is 3.04. The Morgan fingerprint density at radius 3 is 2.79 bits per heavy atom. The monoisotopic (exact) mass is 265 g/mol. The zero-order valence-corrected chi connectivity index (χ0v) is 13.0. The average Bonchev–Trinajstić information content (AvgIpc) is 2.65. The van der Waals surface area contributed by atoms with Crippen LogP contribution in [0.5, 0.6) is 0 Å². The average molecular weight is 265 g/mol. The van der Waals surface area contributed by atoms with Crippen molar-refractivity contribution in [2.75, 3.05) is 26.7 Å². The second-order valence-electron chi connectivity index (χ2n) is 6.22. The molecule has 19 heavy (non-hydrogen) atoms. The van der Waals surface area contributed by atoms with Crippen LogP contribution < -0.4 is 5.32 Å². The molecule has 1 aliphatic heterocycles. The maximum atomic E-state index is 9.13. The summed E-state index contributed by atoms with van der Waals surface area (Å²) < 4.78 is 0. The predicted molar refractivity (Wildman–Crippen MR) is 81.0 cm³/mol. The Bertz CT molecular complexity index is 284. The molecule has 0 bridgehead atoms. The summed E-state index contributed by atoms with van der Waals surface area (Å²) in [6.07, 6.45) is 8.92. The summed E-state index contributed by atoms with van der Waals surface area (Å²) in [5.41, 5.74) is -0.351. The molecule has 2 unspecified atom stereocenters. The molecule has 3 heteroatoms. The van der Waals surface area contributed by atoms with Gasteiger partial charge in [0.05, 0.1) is 6.07 Å². The van der Waals surface area contributed by atoms with Crippen LogP contribution in [0.2, 0.25) is 0 Å². The number of nitriles is 1. The van der Waals surface area contributed by atoms with Crippen LogP contribution in [-0.2, 0) is 0 Å². The topological polar surface area (TPSA) is 39.1 Å². The number of hydrogen-bond donors (Lipinski definition) is 1. The lowest BCUT2D eigenvalue weighted by Crippen LogP contribution is -2.39. The fourth-order valence-electron chi connectivity index (χ4n) is 3.04. The summed E-state index contributed by atoms with van der Waals surface area (Å²) in [7, 11) is 1.88. The fraction of sp³-hybridized carbons (Fsp3) is 0.938. The van der Waals surface area contributed by atoms with Crippen LogP contribution in [0.1, 0.15) is 58.8 Å². The van der Waals surface area contributed by atoms with Crippen LogP contribution in [0, 0.1) is 17.2 Å². The molecule has 3 nitrogen and oxygen atoms in total. The first-order chi connectivity index (χ1) is 9.13. The van der Waals surface area contributed by atoms with E-state index in [1.807, 2.05) is 14.0 Å². The molecule has 1 saturated heterocycles. The van der Waals surface area contributed by atoms with E-state index >= 15 is 0 Å². The summed E-state index contributed by atoms with van der Waals surface area (Å²) in [6, 6.07) is 2.37. The van der Waals surface area contributed by atoms with Crippen molar-refractivity contribution in [1.29, 1.82) is 5.26 Å². The molecule has 0 radical (unpaired) electrons. The Labute approximate surface area is 119 Å². The molecule has 0 amide bonds. The van der Waals surface area contributed by atoms with Crippen molar-refractivity contribution >= 4 is 0 Å². The standard InChI is InChI=1S/C16H31N3/c1-4-7-15-8-5-11-19(13-9-15)12-6-10-16(2,14-17)18-3/h15,18H,4-13H2,1-3H3. The highest BCUT2D eigenvalue weighted by Crippen LogP contribution is 2.22. The van der Waals surface area contributed by atoms with E-state index in [2.05, 4.69) is 23.2 Å². The molecular weight excluding hydrogens is 234 g/mol. The van der Waals surface area contributed by atoms with Gasteiger partial charge in [-0.25, -0.2) is 0 Å². The van der Waals surface area contributed by atoms with E-state index < -0.39 is 0 Å². The SMILES string of the molecule is CCCC1CCCN(CCCC(C)(C#N)NC)CC1. The lowest BCUT2D eigenvalue weighted by atomic mass is 9.96. The van der Waals surface area contributed by atoms with Gasteiger partial charge in [-0.3, -0.25) is 0 Å². The smallest absolute Gasteiger partial charge is 0.103 e. The highest BCUT2D eigenvalue weighted by atomic mass is 15.1. The molecule has 110 valence electrons. The molecule has 0 aliphatic carbocycles. The van der Waals surface area contributed by atoms with E-state index in [-0.39, 0.29) is 5.54 Å². The maximum absolute atomic E-state index is 9.13. The zero-order valence-electron chi connectivity index (χ0n) is 13.0. The normalized spacial score (nSPS) is 24.4. The number of rotatable bonds is 7. The molecule has 1 aliphatic rings. The molecular formula is C16H31N3. The zero-order chi connectivity index (χ0) is 14.1. The van der Waals surface area contributed by atoms with Crippen molar-refractivity contribution in [1.82, 2.24) is 10.2 Å². The molecule has 0 aromatic rings. The van der Waals surface area contributed by atoms with Crippen molar-refractivity contribution in [3.8, 4) is 6.07 Å². The minimum absolute atomic E-state index is 0.351. The summed E-state index contributed by atoms with van der Waals surface area (Å²) in [5, 5.41) is 12.3. The molecule has 1 fully saturated rings. The van der Waals surface area contributed by atoms with Gasteiger partial charge in [-0.15, -0.1) is 0 Å². The van der Waals surface area contributed by atoms with Crippen LogP contribution >= 0.6 is 0 Å². The predicted octanol–water partition coefficient (Wildman–Crippen LogP) is 3.17. The molecule has 1 heterocycles. The second-order valence-corrected chi connectivity index (χ2v) is 6.22. The van der Waals surface area contributed by atoms with Gasteiger partial charge in [-0.05, 0) is 71.6 Å². The highest BCUT2D eigenvalue weighted by Gasteiger charge is 2.21. The van der Waals surface area contributed by atoms with E-state index in [9.17, 15) is 0 Å². The Morgan fingerprint density at radius 1 is 1.37 bits per heavy atom. The van der Waals surface area contributed by atoms with Crippen molar-refractivity contribution in [3.63, 3.8) is 0 Å². The van der Waals surface area contributed by atoms with Crippen LogP contribution in [-0.4, -0.2) is 37.1 Å². The van der Waals surface area contributed by atoms with E-state index in [4.69, 9.17) is 5.26 Å². The second kappa shape index (κ2) is 8.55. The first-order valence-corrected chi connectivity index (χ1v) is 7.96. The molecule has 0 aromatic heterocycles. The first kappa shape index (κ1) is 16.5. The molecule has 2 atom stereocenters. The Kier molecular flexibility index (Phi) is 7.41. The van der Waals surface area contributed by atoms with Crippen molar-refractivity contribution in [2.45, 2.75) is 64.3 Å². The van der Waals surface area contributed by atoms with Gasteiger partial charge in [0.15, 0.2) is 0 Å². The molecule has 0 saturated carbocycles. The Hall–Kier alpha value is -0.590. The van der Waals surface area contributed by atoms with Gasteiger partial charge in [0.1, 0.15) is 5.54 Å². The number of nitrogens with zero attached hydrogens (tertiary/aromatic N) is 2. The molecule has 1 N–H and O–H groups in total. The van der Waals surface area contributed by atoms with Crippen LogP contribution in [0.15, 0.2) is 0 Å². The lowest BCUT2D eigenvalue weighted by molar-refractivity contribution is 0.263. The van der Waals surface area contributed by atoms with Gasteiger partial charge in [0, 0.05) is 0 Å². The number of likely N-dealkylation sites (tertiary alicyclic amines) is 1. The van der Waals surface area contributed by atoms with Gasteiger partial charge in [0.2, 0.25) is 0 Å². The van der Waals surface area contributed by atoms with Crippen molar-refractivity contribution < 1.29 is 0 Å². The van der Waals surface area contributed by atoms with E-state index in [0.717, 1.165) is 25.3 Å². The van der Waals surface area contributed by atoms with Gasteiger partial charge in [0.25, 0.3) is 0 Å². The summed E-state index contributed by atoms with van der Waals surface area (Å²) in [4.78, 5) is 2.60. The maximum Gasteiger partial charge on any atom is 0.103 e. The summed E-state index contributed by atoms with van der Waals surface area (Å²) >= 11 is 0. The molecule has 0 spiro atoms. The van der Waals surface area contributed by atoms with Crippen LogP contribution in [0.25, 0.3) is 0 Å². The Balaban J connectivity index is 2.25. The van der Waals surface area contributed by atoms with Crippen molar-refractivity contribution in [2.24, 2.45) is 5.92 Å². The van der Waals surface area contributed by atoms with Gasteiger partial charge in [-0.2, -0.15) is 5.26 Å². The third-order valence-corrected chi connectivity index (χ3v) is 4.59. The third-order valence-electron chi connectivity index (χ3n) is 4.59. The Morgan fingerprint density at radius 2 is 2.16 bits per heavy atom. The van der Waals surface area contributed by atoms with Crippen LogP contribution in [0.4, 0.5) is 0 Å². The highest BCUT2D eigenvalue weighted by molar-refractivity contribution is 5.02. The van der Waals surface area contributed by atoms with Gasteiger partial charge in [-0.1, -0.05) is 19.8 Å². The minimum Gasteiger partial charge on any atom is -0.303 e. The van der Waals surface area contributed by atoms with Crippen molar-refractivity contribution in [3.05, 3.63) is 0 Å². The number of hydrogen-bond acceptors (Lipinski definition) is 3. The van der Waals surface area contributed by atoms with E-state index in [1.54, 1.807) is 0 Å². The lowest BCUT2D eigenvalue weighted by Gasteiger charge is -2.24. The quantitative estimate of drug-likeness (QED) is 0.768. The molecule has 0 aromatic carbocycles. The largest absolute Gasteiger partial charge is 0.303 e.